The monoisotopic (exact) mass is 194 g/mol. The Morgan fingerprint density at radius 1 is 1.50 bits per heavy atom. The Hall–Kier alpha value is -0.900. The van der Waals surface area contributed by atoms with Crippen LogP contribution in [0.3, 0.4) is 0 Å². The number of rotatable bonds is 2. The van der Waals surface area contributed by atoms with Crippen molar-refractivity contribution < 1.29 is 0 Å². The zero-order chi connectivity index (χ0) is 9.97. The van der Waals surface area contributed by atoms with Crippen molar-refractivity contribution >= 4 is 0 Å². The van der Waals surface area contributed by atoms with E-state index in [0.29, 0.717) is 12.0 Å². The van der Waals surface area contributed by atoms with Gasteiger partial charge in [0.2, 0.25) is 0 Å². The summed E-state index contributed by atoms with van der Waals surface area (Å²) in [5, 5.41) is 8.36. The molecule has 0 radical (unpaired) electrons. The van der Waals surface area contributed by atoms with Crippen LogP contribution in [0.2, 0.25) is 0 Å². The average molecular weight is 194 g/mol. The minimum Gasteiger partial charge on any atom is -0.327 e. The van der Waals surface area contributed by atoms with Crippen molar-refractivity contribution in [3.63, 3.8) is 0 Å². The number of nitrogens with zero attached hydrogens (tertiary/aromatic N) is 3. The molecule has 2 unspecified atom stereocenters. The second kappa shape index (κ2) is 4.09. The van der Waals surface area contributed by atoms with Crippen LogP contribution in [0.1, 0.15) is 31.4 Å². The summed E-state index contributed by atoms with van der Waals surface area (Å²) in [5.74, 6) is 0.612. The van der Waals surface area contributed by atoms with E-state index >= 15 is 0 Å². The molecule has 2 atom stereocenters. The zero-order valence-corrected chi connectivity index (χ0v) is 8.69. The van der Waals surface area contributed by atoms with E-state index in [1.54, 1.807) is 4.80 Å². The van der Waals surface area contributed by atoms with Gasteiger partial charge in [-0.05, 0) is 25.2 Å². The second-order valence-electron chi connectivity index (χ2n) is 4.24. The Bertz CT molecular complexity index is 294. The molecule has 0 aromatic carbocycles. The van der Waals surface area contributed by atoms with Crippen LogP contribution in [0.5, 0.6) is 0 Å². The van der Waals surface area contributed by atoms with E-state index in [9.17, 15) is 0 Å². The molecule has 78 valence electrons. The molecule has 1 aromatic rings. The maximum Gasteiger partial charge on any atom is 0.0830 e. The minimum atomic E-state index is 0.366. The highest BCUT2D eigenvalue weighted by Crippen LogP contribution is 2.25. The minimum absolute atomic E-state index is 0.366. The van der Waals surface area contributed by atoms with Crippen molar-refractivity contribution in [3.05, 3.63) is 11.9 Å². The average Bonchev–Trinajstić information content (AvgIpc) is 2.56. The maximum atomic E-state index is 6.08. The topological polar surface area (TPSA) is 56.7 Å². The van der Waals surface area contributed by atoms with E-state index in [1.807, 2.05) is 13.2 Å². The summed E-state index contributed by atoms with van der Waals surface area (Å²) in [5.41, 5.74) is 7.16. The molecule has 4 heteroatoms. The zero-order valence-electron chi connectivity index (χ0n) is 8.69. The molecule has 1 aliphatic carbocycles. The highest BCUT2D eigenvalue weighted by molar-refractivity contribution is 4.96. The Kier molecular flexibility index (Phi) is 2.82. The molecule has 1 fully saturated rings. The third-order valence-electron chi connectivity index (χ3n) is 3.09. The van der Waals surface area contributed by atoms with Gasteiger partial charge in [0.15, 0.2) is 0 Å². The van der Waals surface area contributed by atoms with Crippen LogP contribution in [-0.2, 0) is 13.5 Å². The first-order chi connectivity index (χ1) is 6.75. The molecule has 0 aliphatic heterocycles. The largest absolute Gasteiger partial charge is 0.327 e. The van der Waals surface area contributed by atoms with Crippen molar-refractivity contribution in [1.82, 2.24) is 15.0 Å². The third-order valence-corrected chi connectivity index (χ3v) is 3.09. The second-order valence-corrected chi connectivity index (χ2v) is 4.24. The lowest BCUT2D eigenvalue weighted by atomic mass is 9.82. The van der Waals surface area contributed by atoms with Gasteiger partial charge in [-0.3, -0.25) is 0 Å². The fourth-order valence-corrected chi connectivity index (χ4v) is 2.24. The normalized spacial score (nSPS) is 27.9. The van der Waals surface area contributed by atoms with Crippen LogP contribution in [-0.4, -0.2) is 21.0 Å². The van der Waals surface area contributed by atoms with Crippen LogP contribution in [0.25, 0.3) is 0 Å². The maximum absolute atomic E-state index is 6.08. The molecule has 0 spiro atoms. The van der Waals surface area contributed by atoms with Crippen LogP contribution in [0.4, 0.5) is 0 Å². The summed E-state index contributed by atoms with van der Waals surface area (Å²) >= 11 is 0. The Balaban J connectivity index is 1.95. The van der Waals surface area contributed by atoms with E-state index < -0.39 is 0 Å². The van der Waals surface area contributed by atoms with Gasteiger partial charge in [0.25, 0.3) is 0 Å². The first-order valence-corrected chi connectivity index (χ1v) is 5.36. The summed E-state index contributed by atoms with van der Waals surface area (Å²) in [4.78, 5) is 1.61. The molecular weight excluding hydrogens is 176 g/mol. The summed E-state index contributed by atoms with van der Waals surface area (Å²) in [6.45, 7) is 0. The van der Waals surface area contributed by atoms with Crippen molar-refractivity contribution in [2.75, 3.05) is 0 Å². The fraction of sp³-hybridized carbons (Fsp3) is 0.800. The van der Waals surface area contributed by atoms with Crippen LogP contribution in [0, 0.1) is 5.92 Å². The fourth-order valence-electron chi connectivity index (χ4n) is 2.24. The molecule has 2 rings (SSSR count). The highest BCUT2D eigenvalue weighted by Gasteiger charge is 2.22. The molecule has 0 amide bonds. The van der Waals surface area contributed by atoms with Gasteiger partial charge in [0.1, 0.15) is 0 Å². The van der Waals surface area contributed by atoms with Gasteiger partial charge in [-0.2, -0.15) is 15.0 Å². The molecule has 14 heavy (non-hydrogen) atoms. The van der Waals surface area contributed by atoms with Crippen molar-refractivity contribution in [2.45, 2.75) is 38.1 Å². The summed E-state index contributed by atoms with van der Waals surface area (Å²) in [6, 6.07) is 0.366. The molecule has 4 nitrogen and oxygen atoms in total. The van der Waals surface area contributed by atoms with E-state index in [-0.39, 0.29) is 0 Å². The third kappa shape index (κ3) is 2.12. The Morgan fingerprint density at radius 3 is 2.93 bits per heavy atom. The van der Waals surface area contributed by atoms with Crippen LogP contribution in [0.15, 0.2) is 6.20 Å². The summed E-state index contributed by atoms with van der Waals surface area (Å²) in [6.07, 6.45) is 7.87. The van der Waals surface area contributed by atoms with E-state index in [1.165, 1.54) is 25.7 Å². The van der Waals surface area contributed by atoms with Crippen molar-refractivity contribution in [3.8, 4) is 0 Å². The van der Waals surface area contributed by atoms with Crippen LogP contribution >= 0.6 is 0 Å². The lowest BCUT2D eigenvalue weighted by Crippen LogP contribution is -2.34. The standard InChI is InChI=1S/C10H18N4/c1-14-12-7-9(13-14)6-8-4-2-3-5-10(8)11/h7-8,10H,2-6,11H2,1H3. The Labute approximate surface area is 84.5 Å². The molecule has 1 heterocycles. The lowest BCUT2D eigenvalue weighted by molar-refractivity contribution is 0.304. The van der Waals surface area contributed by atoms with E-state index in [4.69, 9.17) is 5.73 Å². The number of aromatic nitrogens is 3. The van der Waals surface area contributed by atoms with Gasteiger partial charge in [-0.1, -0.05) is 12.8 Å². The molecule has 2 N–H and O–H groups in total. The number of aryl methyl sites for hydroxylation is 1. The lowest BCUT2D eigenvalue weighted by Gasteiger charge is -2.27. The van der Waals surface area contributed by atoms with Gasteiger partial charge < -0.3 is 5.73 Å². The summed E-state index contributed by atoms with van der Waals surface area (Å²) in [7, 11) is 1.85. The summed E-state index contributed by atoms with van der Waals surface area (Å²) < 4.78 is 0. The van der Waals surface area contributed by atoms with Gasteiger partial charge >= 0.3 is 0 Å². The van der Waals surface area contributed by atoms with Gasteiger partial charge in [0.05, 0.1) is 11.9 Å². The van der Waals surface area contributed by atoms with Crippen molar-refractivity contribution in [1.29, 1.82) is 0 Å². The predicted octanol–water partition coefficient (Wildman–Crippen LogP) is 0.875. The quantitative estimate of drug-likeness (QED) is 0.760. The first kappa shape index (κ1) is 9.65. The molecule has 1 saturated carbocycles. The SMILES string of the molecule is Cn1ncc(CC2CCCCC2N)n1. The number of hydrogen-bond donors (Lipinski definition) is 1. The highest BCUT2D eigenvalue weighted by atomic mass is 15.4. The smallest absolute Gasteiger partial charge is 0.0830 e. The molecular formula is C10H18N4. The van der Waals surface area contributed by atoms with Crippen molar-refractivity contribution in [2.24, 2.45) is 18.7 Å². The number of nitrogens with two attached hydrogens (primary N) is 1. The predicted molar refractivity (Wildman–Crippen MR) is 54.6 cm³/mol. The van der Waals surface area contributed by atoms with Gasteiger partial charge in [-0.25, -0.2) is 0 Å². The number of hydrogen-bond acceptors (Lipinski definition) is 3. The van der Waals surface area contributed by atoms with Gasteiger partial charge in [-0.15, -0.1) is 0 Å². The molecule has 1 aromatic heterocycles. The molecule has 1 aliphatic rings. The molecule has 0 bridgehead atoms. The van der Waals surface area contributed by atoms with Crippen LogP contribution < -0.4 is 5.73 Å². The van der Waals surface area contributed by atoms with E-state index in [0.717, 1.165) is 12.1 Å². The van der Waals surface area contributed by atoms with E-state index in [2.05, 4.69) is 10.2 Å². The van der Waals surface area contributed by atoms with Gasteiger partial charge in [0, 0.05) is 13.1 Å². The first-order valence-electron chi connectivity index (χ1n) is 5.36. The molecule has 0 saturated heterocycles. The Morgan fingerprint density at radius 2 is 2.29 bits per heavy atom.